The molecule has 23 heavy (non-hydrogen) atoms. The van der Waals surface area contributed by atoms with Crippen LogP contribution in [0.5, 0.6) is 5.75 Å². The molecule has 7 heteroatoms. The minimum atomic E-state index is 0.786. The predicted octanol–water partition coefficient (Wildman–Crippen LogP) is 4.16. The SMILES string of the molecule is COc1ccc(C2=NNC(=NCCc3cccs3)SC2)cc1Br. The number of nitrogens with zero attached hydrogens (tertiary/aromatic N) is 2. The van der Waals surface area contributed by atoms with Crippen LogP contribution in [0.2, 0.25) is 0 Å². The topological polar surface area (TPSA) is 46.0 Å². The molecule has 1 N–H and O–H groups in total. The van der Waals surface area contributed by atoms with Crippen molar-refractivity contribution in [1.82, 2.24) is 5.43 Å². The van der Waals surface area contributed by atoms with Crippen LogP contribution < -0.4 is 10.2 Å². The molecule has 1 aliphatic rings. The standard InChI is InChI=1S/C16H16BrN3OS2/c1-21-15-5-4-11(9-13(15)17)14-10-23-16(20-19-14)18-7-6-12-3-2-8-22-12/h2-5,8-9H,6-7,10H2,1H3,(H,18,20). The largest absolute Gasteiger partial charge is 0.496 e. The lowest BCUT2D eigenvalue weighted by atomic mass is 10.1. The first-order valence-electron chi connectivity index (χ1n) is 7.12. The maximum Gasteiger partial charge on any atom is 0.177 e. The second kappa shape index (κ2) is 7.99. The number of halogens is 1. The molecular formula is C16H16BrN3OS2. The zero-order valence-electron chi connectivity index (χ0n) is 12.6. The van der Waals surface area contributed by atoms with E-state index >= 15 is 0 Å². The molecule has 120 valence electrons. The Balaban J connectivity index is 1.60. The highest BCUT2D eigenvalue weighted by Crippen LogP contribution is 2.26. The lowest BCUT2D eigenvalue weighted by molar-refractivity contribution is 0.412. The molecule has 0 unspecified atom stereocenters. The minimum Gasteiger partial charge on any atom is -0.496 e. The first-order chi connectivity index (χ1) is 11.3. The molecule has 2 heterocycles. The van der Waals surface area contributed by atoms with Gasteiger partial charge in [0.25, 0.3) is 0 Å². The van der Waals surface area contributed by atoms with Crippen molar-refractivity contribution in [3.05, 3.63) is 50.6 Å². The number of hydrazone groups is 1. The van der Waals surface area contributed by atoms with Gasteiger partial charge in [0.2, 0.25) is 0 Å². The number of hydrogen-bond donors (Lipinski definition) is 1. The van der Waals surface area contributed by atoms with Crippen molar-refractivity contribution in [2.24, 2.45) is 10.1 Å². The molecule has 0 atom stereocenters. The fraction of sp³-hybridized carbons (Fsp3) is 0.250. The summed E-state index contributed by atoms with van der Waals surface area (Å²) in [5.74, 6) is 1.63. The van der Waals surface area contributed by atoms with Gasteiger partial charge in [-0.2, -0.15) is 5.10 Å². The van der Waals surface area contributed by atoms with Crippen molar-refractivity contribution in [1.29, 1.82) is 0 Å². The molecular weight excluding hydrogens is 394 g/mol. The number of thiophene rings is 1. The molecule has 0 radical (unpaired) electrons. The van der Waals surface area contributed by atoms with Crippen molar-refractivity contribution >= 4 is 49.9 Å². The van der Waals surface area contributed by atoms with Gasteiger partial charge >= 0.3 is 0 Å². The lowest BCUT2D eigenvalue weighted by Gasteiger charge is -2.15. The van der Waals surface area contributed by atoms with Crippen LogP contribution in [0.3, 0.4) is 0 Å². The van der Waals surface area contributed by atoms with Crippen LogP contribution in [-0.2, 0) is 6.42 Å². The summed E-state index contributed by atoms with van der Waals surface area (Å²) in [5, 5.41) is 7.43. The van der Waals surface area contributed by atoms with E-state index in [2.05, 4.69) is 49.0 Å². The second-order valence-electron chi connectivity index (χ2n) is 4.82. The fourth-order valence-corrected chi connectivity index (χ4v) is 4.15. The molecule has 0 spiro atoms. The molecule has 1 aromatic carbocycles. The van der Waals surface area contributed by atoms with E-state index in [1.54, 1.807) is 30.2 Å². The van der Waals surface area contributed by atoms with Gasteiger partial charge in [0, 0.05) is 23.6 Å². The molecule has 0 saturated carbocycles. The molecule has 1 aromatic heterocycles. The van der Waals surface area contributed by atoms with E-state index in [4.69, 9.17) is 4.74 Å². The molecule has 0 saturated heterocycles. The maximum absolute atomic E-state index is 5.25. The van der Waals surface area contributed by atoms with Gasteiger partial charge in [0.05, 0.1) is 17.3 Å². The van der Waals surface area contributed by atoms with E-state index in [0.717, 1.165) is 45.4 Å². The maximum atomic E-state index is 5.25. The van der Waals surface area contributed by atoms with E-state index in [9.17, 15) is 0 Å². The van der Waals surface area contributed by atoms with Crippen LogP contribution in [0.15, 0.2) is 50.3 Å². The zero-order valence-corrected chi connectivity index (χ0v) is 15.8. The summed E-state index contributed by atoms with van der Waals surface area (Å²) in [6.45, 7) is 0.786. The van der Waals surface area contributed by atoms with Crippen LogP contribution in [0.1, 0.15) is 10.4 Å². The van der Waals surface area contributed by atoms with E-state index < -0.39 is 0 Å². The van der Waals surface area contributed by atoms with Crippen molar-refractivity contribution in [3.63, 3.8) is 0 Å². The average Bonchev–Trinajstić information content (AvgIpc) is 3.09. The number of methoxy groups -OCH3 is 1. The first-order valence-corrected chi connectivity index (χ1v) is 9.78. The quantitative estimate of drug-likeness (QED) is 0.805. The number of amidine groups is 1. The lowest BCUT2D eigenvalue weighted by Crippen LogP contribution is -2.25. The fourth-order valence-electron chi connectivity index (χ4n) is 2.11. The van der Waals surface area contributed by atoms with Crippen molar-refractivity contribution in [2.75, 3.05) is 19.4 Å². The van der Waals surface area contributed by atoms with Gasteiger partial charge in [0.15, 0.2) is 5.17 Å². The third-order valence-electron chi connectivity index (χ3n) is 3.31. The Labute approximate surface area is 152 Å². The normalized spacial score (nSPS) is 16.1. The van der Waals surface area contributed by atoms with Crippen molar-refractivity contribution in [3.8, 4) is 5.75 Å². The van der Waals surface area contributed by atoms with Crippen molar-refractivity contribution in [2.45, 2.75) is 6.42 Å². The van der Waals surface area contributed by atoms with E-state index in [1.807, 2.05) is 18.2 Å². The number of hydrogen-bond acceptors (Lipinski definition) is 5. The third kappa shape index (κ3) is 4.37. The van der Waals surface area contributed by atoms with Crippen LogP contribution in [0.4, 0.5) is 0 Å². The van der Waals surface area contributed by atoms with Crippen LogP contribution >= 0.6 is 39.0 Å². The molecule has 2 aromatic rings. The summed E-state index contributed by atoms with van der Waals surface area (Å²) in [6, 6.07) is 10.2. The highest BCUT2D eigenvalue weighted by Gasteiger charge is 2.14. The Morgan fingerprint density at radius 2 is 2.30 bits per heavy atom. The number of aliphatic imine (C=N–C) groups is 1. The Bertz CT molecular complexity index is 729. The van der Waals surface area contributed by atoms with E-state index in [0.29, 0.717) is 0 Å². The first kappa shape index (κ1) is 16.5. The Hall–Kier alpha value is -1.31. The molecule has 3 rings (SSSR count). The second-order valence-corrected chi connectivity index (χ2v) is 7.68. The summed E-state index contributed by atoms with van der Waals surface area (Å²) in [4.78, 5) is 5.93. The predicted molar refractivity (Wildman–Crippen MR) is 103 cm³/mol. The smallest absolute Gasteiger partial charge is 0.177 e. The van der Waals surface area contributed by atoms with Gasteiger partial charge in [-0.25, -0.2) is 0 Å². The van der Waals surface area contributed by atoms with E-state index in [1.165, 1.54) is 4.88 Å². The highest BCUT2D eigenvalue weighted by molar-refractivity contribution is 9.10. The molecule has 0 amide bonds. The van der Waals surface area contributed by atoms with Gasteiger partial charge in [-0.1, -0.05) is 17.8 Å². The summed E-state index contributed by atoms with van der Waals surface area (Å²) in [7, 11) is 1.66. The molecule has 1 aliphatic heterocycles. The number of nitrogens with one attached hydrogen (secondary N) is 1. The zero-order chi connectivity index (χ0) is 16.1. The summed E-state index contributed by atoms with van der Waals surface area (Å²) in [6.07, 6.45) is 0.978. The summed E-state index contributed by atoms with van der Waals surface area (Å²) in [5.41, 5.74) is 5.14. The van der Waals surface area contributed by atoms with Gasteiger partial charge in [0.1, 0.15) is 5.75 Å². The number of rotatable bonds is 5. The molecule has 4 nitrogen and oxygen atoms in total. The average molecular weight is 410 g/mol. The number of ether oxygens (including phenoxy) is 1. The molecule has 0 bridgehead atoms. The van der Waals surface area contributed by atoms with Gasteiger partial charge in [-0.15, -0.1) is 11.3 Å². The highest BCUT2D eigenvalue weighted by atomic mass is 79.9. The van der Waals surface area contributed by atoms with Crippen LogP contribution in [0.25, 0.3) is 0 Å². The third-order valence-corrected chi connectivity index (χ3v) is 5.78. The van der Waals surface area contributed by atoms with Crippen LogP contribution in [-0.4, -0.2) is 30.3 Å². The summed E-state index contributed by atoms with van der Waals surface area (Å²) < 4.78 is 6.18. The van der Waals surface area contributed by atoms with Crippen LogP contribution in [0, 0.1) is 0 Å². The summed E-state index contributed by atoms with van der Waals surface area (Å²) >= 11 is 6.97. The van der Waals surface area contributed by atoms with E-state index in [-0.39, 0.29) is 0 Å². The monoisotopic (exact) mass is 409 g/mol. The van der Waals surface area contributed by atoms with Crippen molar-refractivity contribution < 1.29 is 4.74 Å². The Morgan fingerprint density at radius 1 is 1.39 bits per heavy atom. The Morgan fingerprint density at radius 3 is 2.96 bits per heavy atom. The Kier molecular flexibility index (Phi) is 5.75. The minimum absolute atomic E-state index is 0.786. The number of thioether (sulfide) groups is 1. The molecule has 0 fully saturated rings. The van der Waals surface area contributed by atoms with Gasteiger partial charge < -0.3 is 4.74 Å². The van der Waals surface area contributed by atoms with Gasteiger partial charge in [-0.05, 0) is 51.1 Å². The molecule has 0 aliphatic carbocycles. The number of benzene rings is 1. The van der Waals surface area contributed by atoms with Gasteiger partial charge in [-0.3, -0.25) is 10.4 Å².